The Labute approximate surface area is 128 Å². The molecule has 1 aliphatic heterocycles. The van der Waals surface area contributed by atoms with Crippen LogP contribution in [0.3, 0.4) is 0 Å². The molecule has 1 aliphatic rings. The highest BCUT2D eigenvalue weighted by atomic mass is 35.5. The third-order valence-corrected chi connectivity index (χ3v) is 3.90. The Morgan fingerprint density at radius 3 is 2.50 bits per heavy atom. The number of carbonyl (C=O) groups is 1. The van der Waals surface area contributed by atoms with E-state index >= 15 is 0 Å². The average Bonchev–Trinajstić information content (AvgIpc) is 2.26. The summed E-state index contributed by atoms with van der Waals surface area (Å²) in [5, 5.41) is 0.908. The monoisotopic (exact) mass is 316 g/mol. The number of benzene rings is 1. The first-order valence-corrected chi connectivity index (χ1v) is 7.09. The number of hydrogen-bond donors (Lipinski definition) is 1. The zero-order valence-electron chi connectivity index (χ0n) is 11.7. The molecule has 1 aromatic carbocycles. The molecule has 0 aliphatic carbocycles. The Kier molecular flexibility index (Phi) is 3.93. The lowest BCUT2D eigenvalue weighted by molar-refractivity contribution is -0.00887. The van der Waals surface area contributed by atoms with Crippen molar-refractivity contribution in [3.63, 3.8) is 0 Å². The summed E-state index contributed by atoms with van der Waals surface area (Å²) < 4.78 is 5.30. The molecule has 1 saturated heterocycles. The molecule has 0 saturated carbocycles. The highest BCUT2D eigenvalue weighted by Gasteiger charge is 2.46. The minimum absolute atomic E-state index is 0.363. The van der Waals surface area contributed by atoms with E-state index in [4.69, 9.17) is 33.7 Å². The Hall–Kier alpha value is -0.970. The number of nitrogens with two attached hydrogens (primary N) is 1. The second-order valence-electron chi connectivity index (χ2n) is 6.09. The van der Waals surface area contributed by atoms with Gasteiger partial charge < -0.3 is 15.4 Å². The number of nitrogens with zero attached hydrogens (tertiary/aromatic N) is 1. The van der Waals surface area contributed by atoms with E-state index in [2.05, 4.69) is 0 Å². The van der Waals surface area contributed by atoms with Crippen molar-refractivity contribution in [3.8, 4) is 0 Å². The van der Waals surface area contributed by atoms with Crippen LogP contribution in [0.5, 0.6) is 0 Å². The van der Waals surface area contributed by atoms with Crippen molar-refractivity contribution in [1.82, 2.24) is 4.90 Å². The van der Waals surface area contributed by atoms with Gasteiger partial charge in [0, 0.05) is 13.1 Å². The molecule has 0 atom stereocenters. The van der Waals surface area contributed by atoms with Gasteiger partial charge in [0.1, 0.15) is 5.60 Å². The number of hydrogen-bond acceptors (Lipinski definition) is 3. The highest BCUT2D eigenvalue weighted by Crippen LogP contribution is 2.37. The van der Waals surface area contributed by atoms with E-state index < -0.39 is 11.1 Å². The molecule has 0 radical (unpaired) electrons. The Morgan fingerprint density at radius 1 is 1.35 bits per heavy atom. The molecule has 4 nitrogen and oxygen atoms in total. The van der Waals surface area contributed by atoms with Crippen molar-refractivity contribution < 1.29 is 9.53 Å². The number of amides is 1. The molecule has 2 N–H and O–H groups in total. The highest BCUT2D eigenvalue weighted by molar-refractivity contribution is 6.42. The minimum atomic E-state index is -0.668. The van der Waals surface area contributed by atoms with Crippen LogP contribution in [0.25, 0.3) is 0 Å². The molecule has 0 bridgehead atoms. The van der Waals surface area contributed by atoms with Gasteiger partial charge in [-0.05, 0) is 32.4 Å². The van der Waals surface area contributed by atoms with Gasteiger partial charge in [-0.15, -0.1) is 0 Å². The topological polar surface area (TPSA) is 55.6 Å². The summed E-state index contributed by atoms with van der Waals surface area (Å²) >= 11 is 12.2. The fourth-order valence-corrected chi connectivity index (χ4v) is 2.64. The zero-order chi connectivity index (χ0) is 15.1. The maximum Gasteiger partial charge on any atom is 0.410 e. The molecule has 0 unspecified atom stereocenters. The predicted octanol–water partition coefficient (Wildman–Crippen LogP) is 3.40. The third kappa shape index (κ3) is 3.03. The van der Waals surface area contributed by atoms with Gasteiger partial charge in [0.05, 0.1) is 15.6 Å². The van der Waals surface area contributed by atoms with Crippen molar-refractivity contribution >= 4 is 29.3 Å². The van der Waals surface area contributed by atoms with E-state index in [1.54, 1.807) is 17.0 Å². The number of ether oxygens (including phenoxy) is 1. The maximum atomic E-state index is 11.9. The van der Waals surface area contributed by atoms with Crippen molar-refractivity contribution in [2.75, 3.05) is 13.1 Å². The molecule has 2 rings (SSSR count). The van der Waals surface area contributed by atoms with Crippen LogP contribution in [0.2, 0.25) is 10.0 Å². The standard InChI is InChI=1S/C14H18Cl2N2O2/c1-13(2,3)20-12(19)18-7-14(17,8-18)9-5-4-6-10(15)11(9)16/h4-6H,7-8,17H2,1-3H3. The zero-order valence-corrected chi connectivity index (χ0v) is 13.3. The first kappa shape index (κ1) is 15.4. The first-order chi connectivity index (χ1) is 9.12. The number of carbonyl (C=O) groups excluding carboxylic acids is 1. The van der Waals surface area contributed by atoms with Gasteiger partial charge in [0.15, 0.2) is 0 Å². The third-order valence-electron chi connectivity index (χ3n) is 3.09. The summed E-state index contributed by atoms with van der Waals surface area (Å²) in [7, 11) is 0. The van der Waals surface area contributed by atoms with Crippen molar-refractivity contribution in [3.05, 3.63) is 33.8 Å². The fraction of sp³-hybridized carbons (Fsp3) is 0.500. The van der Waals surface area contributed by atoms with Crippen molar-refractivity contribution in [1.29, 1.82) is 0 Å². The molecule has 1 aromatic rings. The van der Waals surface area contributed by atoms with Gasteiger partial charge in [-0.3, -0.25) is 0 Å². The molecule has 1 fully saturated rings. The van der Waals surface area contributed by atoms with E-state index in [1.807, 2.05) is 26.8 Å². The lowest BCUT2D eigenvalue weighted by atomic mass is 9.83. The average molecular weight is 317 g/mol. The predicted molar refractivity (Wildman–Crippen MR) is 80.1 cm³/mol. The molecule has 0 spiro atoms. The molecule has 110 valence electrons. The molecule has 6 heteroatoms. The van der Waals surface area contributed by atoms with Gasteiger partial charge >= 0.3 is 6.09 Å². The van der Waals surface area contributed by atoms with E-state index in [-0.39, 0.29) is 6.09 Å². The second-order valence-corrected chi connectivity index (χ2v) is 6.88. The quantitative estimate of drug-likeness (QED) is 0.864. The SMILES string of the molecule is CC(C)(C)OC(=O)N1CC(N)(c2cccc(Cl)c2Cl)C1. The van der Waals surface area contributed by atoms with E-state index in [9.17, 15) is 4.79 Å². The van der Waals surface area contributed by atoms with Crippen molar-refractivity contribution in [2.45, 2.75) is 31.9 Å². The summed E-state index contributed by atoms with van der Waals surface area (Å²) in [5.41, 5.74) is 5.87. The Balaban J connectivity index is 2.08. The van der Waals surface area contributed by atoms with Crippen LogP contribution in [-0.2, 0) is 10.3 Å². The summed E-state index contributed by atoms with van der Waals surface area (Å²) in [6, 6.07) is 5.34. The minimum Gasteiger partial charge on any atom is -0.444 e. The van der Waals surface area contributed by atoms with Gasteiger partial charge in [-0.1, -0.05) is 35.3 Å². The van der Waals surface area contributed by atoms with Crippen LogP contribution >= 0.6 is 23.2 Å². The second kappa shape index (κ2) is 5.10. The molecular weight excluding hydrogens is 299 g/mol. The van der Waals surface area contributed by atoms with Gasteiger partial charge in [-0.25, -0.2) is 4.79 Å². The number of halogens is 2. The van der Waals surface area contributed by atoms with E-state index in [0.717, 1.165) is 5.56 Å². The van der Waals surface area contributed by atoms with Crippen LogP contribution in [0.1, 0.15) is 26.3 Å². The summed E-state index contributed by atoms with van der Waals surface area (Å²) in [4.78, 5) is 13.5. The van der Waals surface area contributed by atoms with Crippen LogP contribution < -0.4 is 5.73 Å². The van der Waals surface area contributed by atoms with E-state index in [1.165, 1.54) is 0 Å². The number of likely N-dealkylation sites (tertiary alicyclic amines) is 1. The normalized spacial score (nSPS) is 17.6. The lowest BCUT2D eigenvalue weighted by Crippen LogP contribution is -2.66. The van der Waals surface area contributed by atoms with Crippen molar-refractivity contribution in [2.24, 2.45) is 5.73 Å². The Morgan fingerprint density at radius 2 is 1.95 bits per heavy atom. The van der Waals surface area contributed by atoms with Crippen LogP contribution in [-0.4, -0.2) is 29.7 Å². The van der Waals surface area contributed by atoms with Crippen LogP contribution in [0, 0.1) is 0 Å². The molecular formula is C14H18Cl2N2O2. The van der Waals surface area contributed by atoms with Gasteiger partial charge in [-0.2, -0.15) is 0 Å². The number of rotatable bonds is 1. The van der Waals surface area contributed by atoms with Gasteiger partial charge in [0.25, 0.3) is 0 Å². The summed E-state index contributed by atoms with van der Waals surface area (Å²) in [5.74, 6) is 0. The lowest BCUT2D eigenvalue weighted by Gasteiger charge is -2.48. The smallest absolute Gasteiger partial charge is 0.410 e. The Bertz CT molecular complexity index is 534. The first-order valence-electron chi connectivity index (χ1n) is 6.34. The fourth-order valence-electron chi connectivity index (χ4n) is 2.15. The molecule has 1 amide bonds. The largest absolute Gasteiger partial charge is 0.444 e. The molecule has 20 heavy (non-hydrogen) atoms. The maximum absolute atomic E-state index is 11.9. The van der Waals surface area contributed by atoms with E-state index in [0.29, 0.717) is 23.1 Å². The molecule has 1 heterocycles. The summed E-state index contributed by atoms with van der Waals surface area (Å²) in [6.07, 6.45) is -0.364. The summed E-state index contributed by atoms with van der Waals surface area (Å²) in [6.45, 7) is 6.21. The van der Waals surface area contributed by atoms with Crippen LogP contribution in [0.15, 0.2) is 18.2 Å². The molecule has 0 aromatic heterocycles. The van der Waals surface area contributed by atoms with Gasteiger partial charge in [0.2, 0.25) is 0 Å². The van der Waals surface area contributed by atoms with Crippen LogP contribution in [0.4, 0.5) is 4.79 Å².